The van der Waals surface area contributed by atoms with Crippen molar-refractivity contribution >= 4 is 28.5 Å². The summed E-state index contributed by atoms with van der Waals surface area (Å²) in [7, 11) is 1.61. The fourth-order valence-corrected chi connectivity index (χ4v) is 4.96. The number of nitrogens with one attached hydrogen (secondary N) is 1. The average molecular weight is 466 g/mol. The Labute approximate surface area is 197 Å². The molecule has 5 N–H and O–H groups in total. The van der Waals surface area contributed by atoms with Gasteiger partial charge in [-0.25, -0.2) is 4.79 Å². The van der Waals surface area contributed by atoms with Crippen LogP contribution < -0.4 is 27.2 Å². The number of anilines is 1. The van der Waals surface area contributed by atoms with Crippen molar-refractivity contribution in [3.05, 3.63) is 58.0 Å². The lowest BCUT2D eigenvalue weighted by Crippen LogP contribution is -2.33. The van der Waals surface area contributed by atoms with Gasteiger partial charge >= 0.3 is 5.69 Å². The molecule has 0 atom stereocenters. The van der Waals surface area contributed by atoms with Crippen LogP contribution in [0.5, 0.6) is 5.75 Å². The van der Waals surface area contributed by atoms with E-state index in [9.17, 15) is 14.4 Å². The molecular weight excluding hydrogens is 434 g/mol. The fraction of sp³-hybridized carbons (Fsp3) is 0.400. The van der Waals surface area contributed by atoms with Crippen molar-refractivity contribution in [3.63, 3.8) is 0 Å². The molecule has 1 saturated carbocycles. The minimum absolute atomic E-state index is 0.0294. The summed E-state index contributed by atoms with van der Waals surface area (Å²) < 4.78 is 8.63. The molecule has 2 aromatic carbocycles. The monoisotopic (exact) mass is 465 g/mol. The van der Waals surface area contributed by atoms with Gasteiger partial charge in [0, 0.05) is 36.8 Å². The van der Waals surface area contributed by atoms with Crippen LogP contribution in [0.4, 0.5) is 5.69 Å². The van der Waals surface area contributed by atoms with Crippen molar-refractivity contribution in [2.45, 2.75) is 45.2 Å². The minimum Gasteiger partial charge on any atom is -0.496 e. The number of imidazole rings is 1. The second kappa shape index (κ2) is 9.72. The molecule has 1 aromatic heterocycles. The van der Waals surface area contributed by atoms with E-state index in [1.807, 2.05) is 31.2 Å². The smallest absolute Gasteiger partial charge is 0.329 e. The average Bonchev–Trinajstić information content (AvgIpc) is 3.11. The summed E-state index contributed by atoms with van der Waals surface area (Å²) in [5.41, 5.74) is 14.3. The van der Waals surface area contributed by atoms with Crippen LogP contribution in [-0.4, -0.2) is 34.6 Å². The predicted octanol–water partition coefficient (Wildman–Crippen LogP) is 2.55. The number of hydrogen-bond donors (Lipinski definition) is 3. The molecule has 1 aliphatic rings. The number of methoxy groups -OCH3 is 1. The summed E-state index contributed by atoms with van der Waals surface area (Å²) in [5, 5.41) is 2.99. The Hall–Kier alpha value is -3.59. The number of fused-ring (bicyclic) bond motifs is 1. The second-order valence-electron chi connectivity index (χ2n) is 8.81. The van der Waals surface area contributed by atoms with E-state index in [1.54, 1.807) is 28.4 Å². The van der Waals surface area contributed by atoms with Gasteiger partial charge < -0.3 is 21.5 Å². The first-order valence-electron chi connectivity index (χ1n) is 11.5. The third-order valence-corrected chi connectivity index (χ3v) is 6.71. The number of carbonyl (C=O) groups is 2. The predicted molar refractivity (Wildman–Crippen MR) is 131 cm³/mol. The SMILES string of the molecule is COc1cc(NC(=O)[C@H]2CC[C@@H](n3c(=O)n(CCN)c4c(C(N)=O)cccc43)CC2)ccc1C. The van der Waals surface area contributed by atoms with Gasteiger partial charge in [0.15, 0.2) is 0 Å². The van der Waals surface area contributed by atoms with E-state index in [2.05, 4.69) is 5.32 Å². The number of hydrogen-bond acceptors (Lipinski definition) is 5. The maximum absolute atomic E-state index is 13.3. The number of nitrogens with zero attached hydrogens (tertiary/aromatic N) is 2. The summed E-state index contributed by atoms with van der Waals surface area (Å²) >= 11 is 0. The van der Waals surface area contributed by atoms with Gasteiger partial charge in [-0.1, -0.05) is 12.1 Å². The highest BCUT2D eigenvalue weighted by atomic mass is 16.5. The van der Waals surface area contributed by atoms with E-state index >= 15 is 0 Å². The van der Waals surface area contributed by atoms with Gasteiger partial charge in [-0.3, -0.25) is 18.7 Å². The van der Waals surface area contributed by atoms with Gasteiger partial charge in [0.05, 0.1) is 23.7 Å². The molecule has 0 saturated heterocycles. The highest BCUT2D eigenvalue weighted by Gasteiger charge is 2.30. The lowest BCUT2D eigenvalue weighted by molar-refractivity contribution is -0.121. The zero-order valence-electron chi connectivity index (χ0n) is 19.5. The van der Waals surface area contributed by atoms with Crippen molar-refractivity contribution < 1.29 is 14.3 Å². The molecule has 180 valence electrons. The molecule has 0 aliphatic heterocycles. The lowest BCUT2D eigenvalue weighted by atomic mass is 9.85. The zero-order chi connectivity index (χ0) is 24.4. The lowest BCUT2D eigenvalue weighted by Gasteiger charge is -2.28. The molecule has 0 spiro atoms. The van der Waals surface area contributed by atoms with Gasteiger partial charge in [0.25, 0.3) is 5.91 Å². The van der Waals surface area contributed by atoms with Gasteiger partial charge in [-0.05, 0) is 56.4 Å². The van der Waals surface area contributed by atoms with Crippen molar-refractivity contribution in [1.29, 1.82) is 0 Å². The standard InChI is InChI=1S/C25H31N5O4/c1-15-6-9-17(14-21(15)34-2)28-24(32)16-7-10-18(11-8-16)30-20-5-3-4-19(23(27)31)22(20)29(13-12-26)25(30)33/h3-6,9,14,16,18H,7-8,10-13,26H2,1-2H3,(H2,27,31)(H,28,32)/t16-,18+. The molecule has 1 aliphatic carbocycles. The van der Waals surface area contributed by atoms with Crippen LogP contribution in [0, 0.1) is 12.8 Å². The van der Waals surface area contributed by atoms with Crippen LogP contribution in [0.2, 0.25) is 0 Å². The number of aryl methyl sites for hydroxylation is 1. The molecule has 3 aromatic rings. The van der Waals surface area contributed by atoms with Gasteiger partial charge in [0.1, 0.15) is 5.75 Å². The molecule has 1 fully saturated rings. The summed E-state index contributed by atoms with van der Waals surface area (Å²) in [6, 6.07) is 10.7. The summed E-state index contributed by atoms with van der Waals surface area (Å²) in [6.45, 7) is 2.51. The van der Waals surface area contributed by atoms with E-state index in [4.69, 9.17) is 16.2 Å². The normalized spacial score (nSPS) is 18.1. The van der Waals surface area contributed by atoms with E-state index in [0.717, 1.165) is 11.3 Å². The molecule has 9 heteroatoms. The molecule has 2 amide bonds. The highest BCUT2D eigenvalue weighted by molar-refractivity contribution is 6.04. The van der Waals surface area contributed by atoms with Crippen molar-refractivity contribution in [3.8, 4) is 5.75 Å². The van der Waals surface area contributed by atoms with Crippen LogP contribution in [0.3, 0.4) is 0 Å². The number of primary amides is 1. The van der Waals surface area contributed by atoms with Crippen molar-refractivity contribution in [2.75, 3.05) is 19.0 Å². The summed E-state index contributed by atoms with van der Waals surface area (Å²) in [5.74, 6) is -0.0252. The van der Waals surface area contributed by atoms with Crippen molar-refractivity contribution in [2.24, 2.45) is 17.4 Å². The first-order chi connectivity index (χ1) is 16.3. The summed E-state index contributed by atoms with van der Waals surface area (Å²) in [6.07, 6.45) is 2.67. The third-order valence-electron chi connectivity index (χ3n) is 6.71. The minimum atomic E-state index is -0.582. The largest absolute Gasteiger partial charge is 0.496 e. The summed E-state index contributed by atoms with van der Waals surface area (Å²) in [4.78, 5) is 38.2. The number of nitrogens with two attached hydrogens (primary N) is 2. The first kappa shape index (κ1) is 23.6. The molecular formula is C25H31N5O4. The Kier molecular flexibility index (Phi) is 6.74. The van der Waals surface area contributed by atoms with E-state index in [-0.39, 0.29) is 30.1 Å². The molecule has 34 heavy (non-hydrogen) atoms. The molecule has 4 rings (SSSR count). The Bertz CT molecular complexity index is 1280. The zero-order valence-corrected chi connectivity index (χ0v) is 19.5. The number of benzene rings is 2. The quantitative estimate of drug-likeness (QED) is 0.493. The van der Waals surface area contributed by atoms with Gasteiger partial charge in [-0.15, -0.1) is 0 Å². The fourth-order valence-electron chi connectivity index (χ4n) is 4.96. The van der Waals surface area contributed by atoms with E-state index in [1.165, 1.54) is 0 Å². The van der Waals surface area contributed by atoms with Gasteiger partial charge in [-0.2, -0.15) is 0 Å². The number of carbonyl (C=O) groups excluding carboxylic acids is 2. The number of aromatic nitrogens is 2. The topological polar surface area (TPSA) is 134 Å². The number of amides is 2. The Morgan fingerprint density at radius 2 is 1.88 bits per heavy atom. The third kappa shape index (κ3) is 4.31. The maximum atomic E-state index is 13.3. The van der Waals surface area contributed by atoms with Crippen LogP contribution in [0.1, 0.15) is 47.6 Å². The molecule has 9 nitrogen and oxygen atoms in total. The van der Waals surface area contributed by atoms with E-state index < -0.39 is 5.91 Å². The van der Waals surface area contributed by atoms with E-state index in [0.29, 0.717) is 54.5 Å². The Balaban J connectivity index is 1.54. The van der Waals surface area contributed by atoms with Crippen molar-refractivity contribution in [1.82, 2.24) is 9.13 Å². The number of rotatable bonds is 7. The number of ether oxygens (including phenoxy) is 1. The molecule has 1 heterocycles. The van der Waals surface area contributed by atoms with Crippen LogP contribution >= 0.6 is 0 Å². The van der Waals surface area contributed by atoms with Gasteiger partial charge in [0.2, 0.25) is 5.91 Å². The molecule has 0 bridgehead atoms. The number of para-hydroxylation sites is 1. The maximum Gasteiger partial charge on any atom is 0.329 e. The Morgan fingerprint density at radius 3 is 2.53 bits per heavy atom. The van der Waals surface area contributed by atoms with Crippen LogP contribution in [0.25, 0.3) is 11.0 Å². The highest BCUT2D eigenvalue weighted by Crippen LogP contribution is 2.35. The second-order valence-corrected chi connectivity index (χ2v) is 8.81. The molecule has 0 radical (unpaired) electrons. The molecule has 0 unspecified atom stereocenters. The Morgan fingerprint density at radius 1 is 1.15 bits per heavy atom. The van der Waals surface area contributed by atoms with Crippen LogP contribution in [-0.2, 0) is 11.3 Å². The van der Waals surface area contributed by atoms with Crippen LogP contribution in [0.15, 0.2) is 41.2 Å². The first-order valence-corrected chi connectivity index (χ1v) is 11.5.